The minimum absolute atomic E-state index is 0.0144. The van der Waals surface area contributed by atoms with Crippen LogP contribution in [-0.2, 0) is 16.0 Å². The van der Waals surface area contributed by atoms with E-state index in [0.29, 0.717) is 6.42 Å². The van der Waals surface area contributed by atoms with Gasteiger partial charge in [-0.05, 0) is 30.7 Å². The molecule has 0 spiro atoms. The van der Waals surface area contributed by atoms with Crippen molar-refractivity contribution in [1.82, 2.24) is 9.80 Å². The first-order chi connectivity index (χ1) is 11.5. The second-order valence-electron chi connectivity index (χ2n) is 6.09. The highest BCUT2D eigenvalue weighted by Crippen LogP contribution is 2.31. The van der Waals surface area contributed by atoms with Gasteiger partial charge in [-0.25, -0.2) is 4.79 Å². The van der Waals surface area contributed by atoms with Crippen LogP contribution in [0.1, 0.15) is 18.4 Å². The van der Waals surface area contributed by atoms with Crippen molar-refractivity contribution in [3.8, 4) is 0 Å². The van der Waals surface area contributed by atoms with Crippen molar-refractivity contribution in [1.29, 1.82) is 0 Å². The van der Waals surface area contributed by atoms with E-state index in [9.17, 15) is 24.5 Å². The van der Waals surface area contributed by atoms with Gasteiger partial charge in [-0.2, -0.15) is 0 Å². The van der Waals surface area contributed by atoms with E-state index in [2.05, 4.69) is 0 Å². The maximum atomic E-state index is 12.5. The second kappa shape index (κ2) is 6.38. The molecule has 1 aliphatic heterocycles. The Morgan fingerprint density at radius 3 is 2.25 bits per heavy atom. The summed E-state index contributed by atoms with van der Waals surface area (Å²) in [4.78, 5) is 48.9. The van der Waals surface area contributed by atoms with Gasteiger partial charge in [0.1, 0.15) is 0 Å². The zero-order valence-electron chi connectivity index (χ0n) is 13.0. The molecule has 1 saturated heterocycles. The van der Waals surface area contributed by atoms with Gasteiger partial charge < -0.3 is 0 Å². The van der Waals surface area contributed by atoms with Gasteiger partial charge in [-0.3, -0.25) is 29.5 Å². The molecular weight excluding hydrogens is 314 g/mol. The number of rotatable bonds is 6. The van der Waals surface area contributed by atoms with Gasteiger partial charge in [0.25, 0.3) is 0 Å². The van der Waals surface area contributed by atoms with Gasteiger partial charge >= 0.3 is 23.9 Å². The standard InChI is InChI=1S/C16H17N3O5/c20-14-13(19(23)24)15(21)18(10-12-6-7-12)16(22)17(14)9-8-11-4-2-1-3-5-11/h1-5,12-13H,6-10H2. The molecule has 4 amide bonds. The first-order valence-corrected chi connectivity index (χ1v) is 7.83. The lowest BCUT2D eigenvalue weighted by molar-refractivity contribution is -0.496. The molecule has 0 aromatic heterocycles. The number of hydrogen-bond acceptors (Lipinski definition) is 5. The van der Waals surface area contributed by atoms with Gasteiger partial charge in [-0.1, -0.05) is 30.3 Å². The smallest absolute Gasteiger partial charge is 0.266 e. The summed E-state index contributed by atoms with van der Waals surface area (Å²) in [5.74, 6) is -1.87. The number of nitrogens with zero attached hydrogens (tertiary/aromatic N) is 3. The van der Waals surface area contributed by atoms with E-state index in [1.54, 1.807) is 0 Å². The van der Waals surface area contributed by atoms with Crippen molar-refractivity contribution in [3.05, 3.63) is 46.0 Å². The maximum absolute atomic E-state index is 12.5. The molecule has 3 rings (SSSR count). The summed E-state index contributed by atoms with van der Waals surface area (Å²) in [5.41, 5.74) is 0.904. The van der Waals surface area contributed by atoms with Crippen LogP contribution >= 0.6 is 0 Å². The molecular formula is C16H17N3O5. The van der Waals surface area contributed by atoms with Crippen LogP contribution in [0.4, 0.5) is 4.79 Å². The second-order valence-corrected chi connectivity index (χ2v) is 6.09. The lowest BCUT2D eigenvalue weighted by atomic mass is 10.1. The Hall–Kier alpha value is -2.77. The summed E-state index contributed by atoms with van der Waals surface area (Å²) in [6.07, 6.45) is 2.16. The van der Waals surface area contributed by atoms with E-state index in [-0.39, 0.29) is 19.0 Å². The molecule has 0 bridgehead atoms. The summed E-state index contributed by atoms with van der Waals surface area (Å²) in [5, 5.41) is 11.1. The molecule has 24 heavy (non-hydrogen) atoms. The molecule has 8 heteroatoms. The van der Waals surface area contributed by atoms with Gasteiger partial charge in [0.05, 0.1) is 0 Å². The largest absolute Gasteiger partial charge is 0.367 e. The van der Waals surface area contributed by atoms with E-state index in [1.807, 2.05) is 30.3 Å². The van der Waals surface area contributed by atoms with Gasteiger partial charge in [0.15, 0.2) is 0 Å². The molecule has 1 atom stereocenters. The summed E-state index contributed by atoms with van der Waals surface area (Å²) >= 11 is 0. The Labute approximate surface area is 138 Å². The third-order valence-electron chi connectivity index (χ3n) is 4.28. The predicted octanol–water partition coefficient (Wildman–Crippen LogP) is 1.08. The quantitative estimate of drug-likeness (QED) is 0.441. The summed E-state index contributed by atoms with van der Waals surface area (Å²) in [6.45, 7) is 0.164. The molecule has 2 aliphatic rings. The lowest BCUT2D eigenvalue weighted by Crippen LogP contribution is -2.64. The Kier molecular flexibility index (Phi) is 4.28. The highest BCUT2D eigenvalue weighted by molar-refractivity contribution is 6.17. The number of benzene rings is 1. The highest BCUT2D eigenvalue weighted by Gasteiger charge is 2.53. The van der Waals surface area contributed by atoms with Crippen LogP contribution in [0.2, 0.25) is 0 Å². The van der Waals surface area contributed by atoms with Crippen LogP contribution in [0.5, 0.6) is 0 Å². The van der Waals surface area contributed by atoms with Crippen molar-refractivity contribution in [2.75, 3.05) is 13.1 Å². The van der Waals surface area contributed by atoms with Crippen molar-refractivity contribution >= 4 is 17.8 Å². The third-order valence-corrected chi connectivity index (χ3v) is 4.28. The predicted molar refractivity (Wildman–Crippen MR) is 82.5 cm³/mol. The molecule has 0 N–H and O–H groups in total. The minimum Gasteiger partial charge on any atom is -0.266 e. The van der Waals surface area contributed by atoms with Crippen LogP contribution in [0.25, 0.3) is 0 Å². The van der Waals surface area contributed by atoms with Crippen molar-refractivity contribution in [2.45, 2.75) is 25.3 Å². The van der Waals surface area contributed by atoms with Gasteiger partial charge in [0, 0.05) is 18.0 Å². The number of hydrogen-bond donors (Lipinski definition) is 0. The van der Waals surface area contributed by atoms with E-state index < -0.39 is 28.8 Å². The van der Waals surface area contributed by atoms with E-state index in [1.165, 1.54) is 0 Å². The SMILES string of the molecule is O=C1C([N+](=O)[O-])C(=O)N(CC2CC2)C(=O)N1CCc1ccccc1. The molecule has 1 aromatic rings. The topological polar surface area (TPSA) is 101 Å². The van der Waals surface area contributed by atoms with Crippen LogP contribution in [0.3, 0.4) is 0 Å². The fourth-order valence-corrected chi connectivity index (χ4v) is 2.73. The Balaban J connectivity index is 1.79. The molecule has 0 radical (unpaired) electrons. The number of barbiturate groups is 1. The first kappa shape index (κ1) is 16.1. The van der Waals surface area contributed by atoms with Crippen LogP contribution in [0, 0.1) is 16.0 Å². The zero-order chi connectivity index (χ0) is 17.3. The molecule has 1 saturated carbocycles. The van der Waals surface area contributed by atoms with Crippen LogP contribution in [0.15, 0.2) is 30.3 Å². The number of carbonyl (C=O) groups is 3. The molecule has 1 aliphatic carbocycles. The number of nitro groups is 1. The number of amides is 4. The molecule has 8 nitrogen and oxygen atoms in total. The number of carbonyl (C=O) groups excluding carboxylic acids is 3. The molecule has 126 valence electrons. The maximum Gasteiger partial charge on any atom is 0.367 e. The monoisotopic (exact) mass is 331 g/mol. The molecule has 1 heterocycles. The number of imide groups is 2. The van der Waals surface area contributed by atoms with Gasteiger partial charge in [-0.15, -0.1) is 0 Å². The zero-order valence-corrected chi connectivity index (χ0v) is 13.0. The lowest BCUT2D eigenvalue weighted by Gasteiger charge is -2.33. The average molecular weight is 331 g/mol. The van der Waals surface area contributed by atoms with Crippen LogP contribution < -0.4 is 0 Å². The summed E-state index contributed by atoms with van der Waals surface area (Å²) in [6, 6.07) is 6.44. The third kappa shape index (κ3) is 3.12. The van der Waals surface area contributed by atoms with Crippen molar-refractivity contribution in [2.24, 2.45) is 5.92 Å². The fraction of sp³-hybridized carbons (Fsp3) is 0.438. The average Bonchev–Trinajstić information content (AvgIpc) is 3.36. The van der Waals surface area contributed by atoms with Gasteiger partial charge in [0.2, 0.25) is 0 Å². The molecule has 2 fully saturated rings. The fourth-order valence-electron chi connectivity index (χ4n) is 2.73. The van der Waals surface area contributed by atoms with E-state index >= 15 is 0 Å². The summed E-state index contributed by atoms with van der Waals surface area (Å²) in [7, 11) is 0. The molecule has 1 aromatic carbocycles. The Morgan fingerprint density at radius 1 is 1.04 bits per heavy atom. The highest BCUT2D eigenvalue weighted by atomic mass is 16.6. The van der Waals surface area contributed by atoms with E-state index in [0.717, 1.165) is 28.2 Å². The normalized spacial score (nSPS) is 21.3. The number of urea groups is 1. The van der Waals surface area contributed by atoms with E-state index in [4.69, 9.17) is 0 Å². The Morgan fingerprint density at radius 2 is 1.67 bits per heavy atom. The van der Waals surface area contributed by atoms with Crippen molar-refractivity contribution in [3.63, 3.8) is 0 Å². The minimum atomic E-state index is -2.02. The van der Waals surface area contributed by atoms with Crippen molar-refractivity contribution < 1.29 is 19.3 Å². The van der Waals surface area contributed by atoms with Crippen LogP contribution in [-0.4, -0.2) is 51.7 Å². The Bertz CT molecular complexity index is 686. The molecule has 1 unspecified atom stereocenters. The summed E-state index contributed by atoms with van der Waals surface area (Å²) < 4.78 is 0. The first-order valence-electron chi connectivity index (χ1n) is 7.83.